The van der Waals surface area contributed by atoms with Crippen molar-refractivity contribution >= 4 is 11.8 Å². The van der Waals surface area contributed by atoms with Gasteiger partial charge in [0.15, 0.2) is 11.5 Å². The van der Waals surface area contributed by atoms with Crippen LogP contribution in [-0.4, -0.2) is 44.4 Å². The highest BCUT2D eigenvalue weighted by Crippen LogP contribution is 2.40. The monoisotopic (exact) mass is 452 g/mol. The molecule has 2 aliphatic heterocycles. The second kappa shape index (κ2) is 10.3. The normalized spacial score (nSPS) is 17.4. The van der Waals surface area contributed by atoms with Crippen molar-refractivity contribution in [2.45, 2.75) is 44.6 Å². The van der Waals surface area contributed by atoms with E-state index in [1.165, 1.54) is 0 Å². The molecule has 1 unspecified atom stereocenters. The van der Waals surface area contributed by atoms with Crippen molar-refractivity contribution in [2.75, 3.05) is 26.6 Å². The summed E-state index contributed by atoms with van der Waals surface area (Å²) in [6, 6.07) is 14.9. The number of amides is 2. The summed E-state index contributed by atoms with van der Waals surface area (Å²) in [4.78, 5) is 25.8. The minimum absolute atomic E-state index is 0.0408. The van der Waals surface area contributed by atoms with Crippen molar-refractivity contribution in [3.63, 3.8) is 0 Å². The van der Waals surface area contributed by atoms with Crippen LogP contribution in [0.15, 0.2) is 48.5 Å². The molecule has 2 N–H and O–H groups in total. The molecule has 7 nitrogen and oxygen atoms in total. The first-order chi connectivity index (χ1) is 16.0. The van der Waals surface area contributed by atoms with Gasteiger partial charge < -0.3 is 24.8 Å². The van der Waals surface area contributed by atoms with Gasteiger partial charge in [0.05, 0.1) is 6.42 Å². The number of ether oxygens (including phenoxy) is 3. The van der Waals surface area contributed by atoms with Gasteiger partial charge in [-0.15, -0.1) is 0 Å². The third-order valence-corrected chi connectivity index (χ3v) is 6.51. The quantitative estimate of drug-likeness (QED) is 0.643. The number of benzene rings is 2. The molecule has 0 aliphatic carbocycles. The number of fused-ring (bicyclic) bond motifs is 1. The van der Waals surface area contributed by atoms with Crippen LogP contribution in [0.4, 0.5) is 0 Å². The third-order valence-electron chi connectivity index (χ3n) is 6.51. The first-order valence-electron chi connectivity index (χ1n) is 11.6. The first kappa shape index (κ1) is 23.1. The smallest absolute Gasteiger partial charge is 0.242 e. The molecule has 2 aromatic rings. The van der Waals surface area contributed by atoms with Crippen LogP contribution in [0.5, 0.6) is 11.5 Å². The van der Waals surface area contributed by atoms with Gasteiger partial charge in [-0.2, -0.15) is 0 Å². The average molecular weight is 453 g/mol. The van der Waals surface area contributed by atoms with Crippen LogP contribution < -0.4 is 20.1 Å². The maximum absolute atomic E-state index is 13.2. The molecule has 1 atom stereocenters. The van der Waals surface area contributed by atoms with E-state index in [1.54, 1.807) is 0 Å². The third kappa shape index (κ3) is 5.47. The van der Waals surface area contributed by atoms with Gasteiger partial charge in [0.25, 0.3) is 0 Å². The molecule has 0 spiro atoms. The fraction of sp³-hybridized carbons (Fsp3) is 0.462. The molecule has 2 aliphatic rings. The Morgan fingerprint density at radius 1 is 1.00 bits per heavy atom. The predicted octanol–water partition coefficient (Wildman–Crippen LogP) is 2.96. The number of hydrogen-bond acceptors (Lipinski definition) is 5. The standard InChI is InChI=1S/C26H32N2O5/c1-18(2)24(28-23(29)14-19-6-4-3-5-7-19)25(30)27-16-26(10-12-31-13-11-26)20-8-9-21-22(15-20)33-17-32-21/h3-9,15,18,24H,10-14,16-17H2,1-2H3,(H,27,30)(H,28,29). The number of hydrogen-bond donors (Lipinski definition) is 2. The van der Waals surface area contributed by atoms with Gasteiger partial charge in [0.1, 0.15) is 6.04 Å². The minimum atomic E-state index is -0.602. The van der Waals surface area contributed by atoms with Crippen LogP contribution in [0.1, 0.15) is 37.8 Å². The Bertz CT molecular complexity index is 970. The topological polar surface area (TPSA) is 85.9 Å². The summed E-state index contributed by atoms with van der Waals surface area (Å²) in [7, 11) is 0. The van der Waals surface area contributed by atoms with E-state index in [-0.39, 0.29) is 36.4 Å². The van der Waals surface area contributed by atoms with Crippen molar-refractivity contribution in [3.8, 4) is 11.5 Å². The highest BCUT2D eigenvalue weighted by atomic mass is 16.7. The Morgan fingerprint density at radius 2 is 1.73 bits per heavy atom. The number of carbonyl (C=O) groups excluding carboxylic acids is 2. The van der Waals surface area contributed by atoms with Gasteiger partial charge in [-0.1, -0.05) is 50.2 Å². The van der Waals surface area contributed by atoms with Crippen LogP contribution in [0.2, 0.25) is 0 Å². The molecule has 0 saturated carbocycles. The Labute approximate surface area is 194 Å². The Kier molecular flexibility index (Phi) is 7.18. The second-order valence-corrected chi connectivity index (χ2v) is 9.13. The maximum Gasteiger partial charge on any atom is 0.242 e. The first-order valence-corrected chi connectivity index (χ1v) is 11.6. The van der Waals surface area contributed by atoms with Crippen molar-refractivity contribution in [3.05, 3.63) is 59.7 Å². The van der Waals surface area contributed by atoms with Crippen LogP contribution >= 0.6 is 0 Å². The lowest BCUT2D eigenvalue weighted by Crippen LogP contribution is -2.53. The van der Waals surface area contributed by atoms with Gasteiger partial charge in [-0.05, 0) is 42.0 Å². The Balaban J connectivity index is 1.43. The van der Waals surface area contributed by atoms with Gasteiger partial charge in [-0.25, -0.2) is 0 Å². The van der Waals surface area contributed by atoms with Crippen LogP contribution in [0.25, 0.3) is 0 Å². The lowest BCUT2D eigenvalue weighted by atomic mass is 9.74. The number of nitrogens with one attached hydrogen (secondary N) is 2. The van der Waals surface area contributed by atoms with Crippen molar-refractivity contribution < 1.29 is 23.8 Å². The largest absolute Gasteiger partial charge is 0.454 e. The van der Waals surface area contributed by atoms with Crippen LogP contribution in [0, 0.1) is 5.92 Å². The molecule has 0 bridgehead atoms. The summed E-state index contributed by atoms with van der Waals surface area (Å²) in [5, 5.41) is 6.06. The number of rotatable bonds is 8. The van der Waals surface area contributed by atoms with E-state index in [4.69, 9.17) is 14.2 Å². The lowest BCUT2D eigenvalue weighted by Gasteiger charge is -2.38. The fourth-order valence-electron chi connectivity index (χ4n) is 4.46. The van der Waals surface area contributed by atoms with Gasteiger partial charge >= 0.3 is 0 Å². The Hall–Kier alpha value is -3.06. The predicted molar refractivity (Wildman–Crippen MR) is 124 cm³/mol. The summed E-state index contributed by atoms with van der Waals surface area (Å²) in [5.74, 6) is 1.11. The van der Waals surface area contributed by atoms with E-state index in [9.17, 15) is 9.59 Å². The maximum atomic E-state index is 13.2. The fourth-order valence-corrected chi connectivity index (χ4v) is 4.46. The zero-order valence-corrected chi connectivity index (χ0v) is 19.3. The van der Waals surface area contributed by atoms with E-state index < -0.39 is 6.04 Å². The van der Waals surface area contributed by atoms with Crippen LogP contribution in [-0.2, 0) is 26.2 Å². The molecular formula is C26H32N2O5. The van der Waals surface area contributed by atoms with Gasteiger partial charge in [-0.3, -0.25) is 9.59 Å². The molecule has 2 aromatic carbocycles. The molecular weight excluding hydrogens is 420 g/mol. The molecule has 0 aromatic heterocycles. The second-order valence-electron chi connectivity index (χ2n) is 9.13. The molecule has 1 saturated heterocycles. The van der Waals surface area contributed by atoms with E-state index in [0.29, 0.717) is 19.8 Å². The van der Waals surface area contributed by atoms with E-state index in [1.807, 2.05) is 62.4 Å². The molecule has 4 rings (SSSR count). The SMILES string of the molecule is CC(C)C(NC(=O)Cc1ccccc1)C(=O)NCC1(c2ccc3c(c2)OCO3)CCOCC1. The molecule has 0 radical (unpaired) electrons. The Morgan fingerprint density at radius 3 is 2.45 bits per heavy atom. The molecule has 176 valence electrons. The molecule has 7 heteroatoms. The van der Waals surface area contributed by atoms with E-state index >= 15 is 0 Å². The summed E-state index contributed by atoms with van der Waals surface area (Å²) in [5.41, 5.74) is 1.76. The average Bonchev–Trinajstić information content (AvgIpc) is 3.30. The minimum Gasteiger partial charge on any atom is -0.454 e. The van der Waals surface area contributed by atoms with Crippen molar-refractivity contribution in [1.29, 1.82) is 0 Å². The van der Waals surface area contributed by atoms with Gasteiger partial charge in [0.2, 0.25) is 18.6 Å². The van der Waals surface area contributed by atoms with E-state index in [2.05, 4.69) is 10.6 Å². The summed E-state index contributed by atoms with van der Waals surface area (Å²) < 4.78 is 16.6. The summed E-state index contributed by atoms with van der Waals surface area (Å²) in [6.45, 7) is 5.83. The molecule has 1 fully saturated rings. The molecule has 2 amide bonds. The summed E-state index contributed by atoms with van der Waals surface area (Å²) in [6.07, 6.45) is 1.83. The zero-order chi connectivity index (χ0) is 23.3. The summed E-state index contributed by atoms with van der Waals surface area (Å²) >= 11 is 0. The van der Waals surface area contributed by atoms with Crippen molar-refractivity contribution in [2.24, 2.45) is 5.92 Å². The van der Waals surface area contributed by atoms with Crippen molar-refractivity contribution in [1.82, 2.24) is 10.6 Å². The van der Waals surface area contributed by atoms with E-state index in [0.717, 1.165) is 35.5 Å². The molecule has 2 heterocycles. The van der Waals surface area contributed by atoms with Crippen LogP contribution in [0.3, 0.4) is 0 Å². The van der Waals surface area contributed by atoms with Gasteiger partial charge in [0, 0.05) is 25.2 Å². The number of carbonyl (C=O) groups is 2. The highest BCUT2D eigenvalue weighted by molar-refractivity contribution is 5.88. The zero-order valence-electron chi connectivity index (χ0n) is 19.3. The lowest BCUT2D eigenvalue weighted by molar-refractivity contribution is -0.130. The molecule has 33 heavy (non-hydrogen) atoms. The highest BCUT2D eigenvalue weighted by Gasteiger charge is 2.37.